The van der Waals surface area contributed by atoms with Gasteiger partial charge in [-0.25, -0.2) is 0 Å². The molecular weight excluding hydrogens is 447 g/mol. The Morgan fingerprint density at radius 3 is 2.62 bits per heavy atom. The predicted octanol–water partition coefficient (Wildman–Crippen LogP) is 4.82. The highest BCUT2D eigenvalue weighted by atomic mass is 35.5. The van der Waals surface area contributed by atoms with Crippen LogP contribution in [-0.2, 0) is 9.59 Å². The molecule has 3 aromatic rings. The van der Waals surface area contributed by atoms with Gasteiger partial charge < -0.3 is 9.80 Å². The molecule has 32 heavy (non-hydrogen) atoms. The first kappa shape index (κ1) is 22.2. The van der Waals surface area contributed by atoms with Gasteiger partial charge in [-0.3, -0.25) is 19.6 Å². The number of amides is 2. The van der Waals surface area contributed by atoms with Gasteiger partial charge in [0.15, 0.2) is 0 Å². The van der Waals surface area contributed by atoms with E-state index in [1.807, 2.05) is 43.3 Å². The van der Waals surface area contributed by atoms with Gasteiger partial charge in [0.1, 0.15) is 0 Å². The zero-order chi connectivity index (χ0) is 22.8. The third-order valence-electron chi connectivity index (χ3n) is 5.72. The molecule has 4 rings (SSSR count). The molecule has 3 heterocycles. The molecule has 0 spiro atoms. The fourth-order valence-corrected chi connectivity index (χ4v) is 4.50. The molecule has 0 N–H and O–H groups in total. The van der Waals surface area contributed by atoms with Gasteiger partial charge in [0.05, 0.1) is 17.1 Å². The summed E-state index contributed by atoms with van der Waals surface area (Å²) in [5.74, 6) is -0.243. The molecule has 6 nitrogen and oxygen atoms in total. The standard InChI is InChI=1S/C24H22Cl2N4O2/c1-15-13-30(16(2)31)23(14-29(15)24(32)5-6-25)18-8-17(9-20(26)10-18)19-11-22-21(28-12-19)4-3-7-27-22/h3-12,15,23H,13-14H2,1-2H3/b6-5-/t15-,23-/m0/s1. The molecule has 1 aromatic carbocycles. The fraction of sp³-hybridized carbons (Fsp3) is 0.250. The first-order chi connectivity index (χ1) is 15.4. The molecule has 8 heteroatoms. The second-order valence-electron chi connectivity index (χ2n) is 7.86. The quantitative estimate of drug-likeness (QED) is 0.516. The summed E-state index contributed by atoms with van der Waals surface area (Å²) in [6.07, 6.45) is 4.84. The Balaban J connectivity index is 1.75. The molecule has 1 fully saturated rings. The first-order valence-electron chi connectivity index (χ1n) is 10.2. The van der Waals surface area contributed by atoms with Crippen molar-refractivity contribution < 1.29 is 9.59 Å². The number of hydrogen-bond donors (Lipinski definition) is 0. The van der Waals surface area contributed by atoms with E-state index in [0.717, 1.165) is 27.7 Å². The molecule has 0 aliphatic carbocycles. The number of pyridine rings is 2. The van der Waals surface area contributed by atoms with E-state index in [4.69, 9.17) is 23.2 Å². The minimum Gasteiger partial charge on any atom is -0.332 e. The van der Waals surface area contributed by atoms with Crippen LogP contribution in [-0.4, -0.2) is 50.7 Å². The third kappa shape index (κ3) is 4.47. The van der Waals surface area contributed by atoms with Crippen LogP contribution in [0.4, 0.5) is 0 Å². The summed E-state index contributed by atoms with van der Waals surface area (Å²) in [7, 11) is 0. The maximum atomic E-state index is 12.6. The second-order valence-corrected chi connectivity index (χ2v) is 8.55. The van der Waals surface area contributed by atoms with Crippen molar-refractivity contribution in [1.29, 1.82) is 0 Å². The summed E-state index contributed by atoms with van der Waals surface area (Å²) in [5, 5.41) is 0.541. The minimum atomic E-state index is -0.333. The van der Waals surface area contributed by atoms with Crippen LogP contribution in [0, 0.1) is 0 Å². The van der Waals surface area contributed by atoms with Crippen molar-refractivity contribution in [3.8, 4) is 11.1 Å². The second kappa shape index (κ2) is 9.27. The normalized spacial score (nSPS) is 19.0. The highest BCUT2D eigenvalue weighted by Crippen LogP contribution is 2.34. The Bertz CT molecular complexity index is 1210. The van der Waals surface area contributed by atoms with Crippen LogP contribution in [0.25, 0.3) is 22.2 Å². The molecule has 2 aromatic heterocycles. The van der Waals surface area contributed by atoms with Gasteiger partial charge in [-0.1, -0.05) is 23.2 Å². The van der Waals surface area contributed by atoms with Crippen LogP contribution < -0.4 is 0 Å². The molecule has 0 bridgehead atoms. The lowest BCUT2D eigenvalue weighted by Crippen LogP contribution is -2.56. The van der Waals surface area contributed by atoms with Crippen molar-refractivity contribution in [2.75, 3.05) is 13.1 Å². The summed E-state index contributed by atoms with van der Waals surface area (Å²) in [4.78, 5) is 37.4. The molecule has 0 radical (unpaired) electrons. The predicted molar refractivity (Wildman–Crippen MR) is 126 cm³/mol. The zero-order valence-electron chi connectivity index (χ0n) is 17.7. The van der Waals surface area contributed by atoms with Gasteiger partial charge in [-0.2, -0.15) is 0 Å². The Labute approximate surface area is 196 Å². The average molecular weight is 469 g/mol. The lowest BCUT2D eigenvalue weighted by molar-refractivity contribution is -0.142. The molecule has 164 valence electrons. The largest absolute Gasteiger partial charge is 0.332 e. The van der Waals surface area contributed by atoms with Crippen LogP contribution in [0.15, 0.2) is 60.4 Å². The molecular formula is C24H22Cl2N4O2. The van der Waals surface area contributed by atoms with E-state index in [9.17, 15) is 9.59 Å². The van der Waals surface area contributed by atoms with Crippen molar-refractivity contribution in [2.24, 2.45) is 0 Å². The van der Waals surface area contributed by atoms with Crippen molar-refractivity contribution in [2.45, 2.75) is 25.9 Å². The summed E-state index contributed by atoms with van der Waals surface area (Å²) >= 11 is 12.1. The Hall–Kier alpha value is -2.96. The number of nitrogens with zero attached hydrogens (tertiary/aromatic N) is 4. The van der Waals surface area contributed by atoms with Crippen molar-refractivity contribution in [3.63, 3.8) is 0 Å². The lowest BCUT2D eigenvalue weighted by atomic mass is 9.96. The lowest BCUT2D eigenvalue weighted by Gasteiger charge is -2.45. The van der Waals surface area contributed by atoms with E-state index in [0.29, 0.717) is 18.1 Å². The minimum absolute atomic E-state index is 0.0556. The van der Waals surface area contributed by atoms with Crippen LogP contribution in [0.5, 0.6) is 0 Å². The van der Waals surface area contributed by atoms with Gasteiger partial charge in [-0.05, 0) is 54.4 Å². The Morgan fingerprint density at radius 1 is 1.06 bits per heavy atom. The van der Waals surface area contributed by atoms with Crippen LogP contribution in [0.3, 0.4) is 0 Å². The number of benzene rings is 1. The molecule has 1 aliphatic heterocycles. The van der Waals surface area contributed by atoms with E-state index in [1.54, 1.807) is 29.1 Å². The molecule has 0 unspecified atom stereocenters. The van der Waals surface area contributed by atoms with Crippen LogP contribution in [0.2, 0.25) is 5.02 Å². The van der Waals surface area contributed by atoms with Crippen LogP contribution >= 0.6 is 23.2 Å². The highest BCUT2D eigenvalue weighted by Gasteiger charge is 2.36. The van der Waals surface area contributed by atoms with E-state index in [-0.39, 0.29) is 23.9 Å². The summed E-state index contributed by atoms with van der Waals surface area (Å²) in [6, 6.07) is 10.9. The average Bonchev–Trinajstić information content (AvgIpc) is 2.78. The molecule has 1 aliphatic rings. The molecule has 2 amide bonds. The van der Waals surface area contributed by atoms with E-state index < -0.39 is 0 Å². The highest BCUT2D eigenvalue weighted by molar-refractivity contribution is 6.31. The van der Waals surface area contributed by atoms with Crippen molar-refractivity contribution in [1.82, 2.24) is 19.8 Å². The van der Waals surface area contributed by atoms with Gasteiger partial charge in [-0.15, -0.1) is 0 Å². The number of carbonyl (C=O) groups is 2. The zero-order valence-corrected chi connectivity index (χ0v) is 19.2. The summed E-state index contributed by atoms with van der Waals surface area (Å²) in [5.41, 5.74) is 5.39. The van der Waals surface area contributed by atoms with E-state index >= 15 is 0 Å². The topological polar surface area (TPSA) is 66.4 Å². The van der Waals surface area contributed by atoms with E-state index in [1.165, 1.54) is 11.6 Å². The number of aromatic nitrogens is 2. The molecule has 0 saturated carbocycles. The maximum Gasteiger partial charge on any atom is 0.247 e. The SMILES string of the molecule is CC(=O)N1C[C@H](C)N(C(=O)/C=C\Cl)C[C@H]1c1cc(Cl)cc(-c2cnc3cccnc3c2)c1. The Kier molecular flexibility index (Phi) is 6.44. The summed E-state index contributed by atoms with van der Waals surface area (Å²) in [6.45, 7) is 4.23. The molecule has 2 atom stereocenters. The summed E-state index contributed by atoms with van der Waals surface area (Å²) < 4.78 is 0. The Morgan fingerprint density at radius 2 is 1.88 bits per heavy atom. The van der Waals surface area contributed by atoms with E-state index in [2.05, 4.69) is 9.97 Å². The number of hydrogen-bond acceptors (Lipinski definition) is 4. The number of piperazine rings is 1. The number of rotatable bonds is 3. The third-order valence-corrected chi connectivity index (χ3v) is 6.07. The van der Waals surface area contributed by atoms with Gasteiger partial charge in [0.2, 0.25) is 11.8 Å². The van der Waals surface area contributed by atoms with Gasteiger partial charge in [0, 0.05) is 60.6 Å². The number of halogens is 2. The van der Waals surface area contributed by atoms with Crippen molar-refractivity contribution in [3.05, 3.63) is 71.0 Å². The first-order valence-corrected chi connectivity index (χ1v) is 11.0. The fourth-order valence-electron chi connectivity index (χ4n) is 4.15. The van der Waals surface area contributed by atoms with Crippen molar-refractivity contribution >= 4 is 46.0 Å². The molecule has 1 saturated heterocycles. The van der Waals surface area contributed by atoms with Gasteiger partial charge >= 0.3 is 0 Å². The van der Waals surface area contributed by atoms with Gasteiger partial charge in [0.25, 0.3) is 0 Å². The number of carbonyl (C=O) groups excluding carboxylic acids is 2. The van der Waals surface area contributed by atoms with Crippen LogP contribution in [0.1, 0.15) is 25.5 Å². The monoisotopic (exact) mass is 468 g/mol. The maximum absolute atomic E-state index is 12.6. The smallest absolute Gasteiger partial charge is 0.247 e. The number of fused-ring (bicyclic) bond motifs is 1.